The van der Waals surface area contributed by atoms with Crippen LogP contribution >= 0.6 is 0 Å². The number of nitrogens with one attached hydrogen (secondary N) is 3. The van der Waals surface area contributed by atoms with Gasteiger partial charge in [0.2, 0.25) is 0 Å². The van der Waals surface area contributed by atoms with Gasteiger partial charge < -0.3 is 20.2 Å². The lowest BCUT2D eigenvalue weighted by Crippen LogP contribution is -2.36. The van der Waals surface area contributed by atoms with Gasteiger partial charge in [-0.25, -0.2) is 0 Å². The average molecular weight is 318 g/mol. The van der Waals surface area contributed by atoms with Crippen LogP contribution in [0.5, 0.6) is 0 Å². The Morgan fingerprint density at radius 1 is 1.17 bits per heavy atom. The fraction of sp³-hybridized carbons (Fsp3) is 0.438. The Morgan fingerprint density at radius 3 is 2.65 bits per heavy atom. The summed E-state index contributed by atoms with van der Waals surface area (Å²) >= 11 is 0. The fourth-order valence-electron chi connectivity index (χ4n) is 2.40. The molecular formula is C16H22N4O3. The summed E-state index contributed by atoms with van der Waals surface area (Å²) in [4.78, 5) is 38.1. The molecule has 0 spiro atoms. The summed E-state index contributed by atoms with van der Waals surface area (Å²) in [6.07, 6.45) is 1.05. The molecule has 0 saturated carbocycles. The first-order chi connectivity index (χ1) is 11.1. The molecule has 0 saturated heterocycles. The summed E-state index contributed by atoms with van der Waals surface area (Å²) in [6, 6.07) is 4.93. The summed E-state index contributed by atoms with van der Waals surface area (Å²) in [5, 5.41) is 6.02. The van der Waals surface area contributed by atoms with E-state index in [1.54, 1.807) is 25.1 Å². The van der Waals surface area contributed by atoms with E-state index in [2.05, 4.69) is 22.5 Å². The van der Waals surface area contributed by atoms with Gasteiger partial charge in [0.1, 0.15) is 0 Å². The normalized spacial score (nSPS) is 10.9. The molecule has 0 bridgehead atoms. The number of H-pyrrole nitrogens is 1. The zero-order valence-electron chi connectivity index (χ0n) is 13.4. The average Bonchev–Trinajstić information content (AvgIpc) is 2.55. The highest BCUT2D eigenvalue weighted by atomic mass is 16.2. The number of carbonyl (C=O) groups is 1. The Morgan fingerprint density at radius 2 is 1.96 bits per heavy atom. The maximum absolute atomic E-state index is 12.1. The van der Waals surface area contributed by atoms with Gasteiger partial charge in [-0.15, -0.1) is 0 Å². The van der Waals surface area contributed by atoms with Crippen molar-refractivity contribution < 1.29 is 4.79 Å². The summed E-state index contributed by atoms with van der Waals surface area (Å²) in [5.74, 6) is -0.208. The largest absolute Gasteiger partial charge is 0.351 e. The van der Waals surface area contributed by atoms with Crippen molar-refractivity contribution in [2.24, 2.45) is 0 Å². The van der Waals surface area contributed by atoms with Gasteiger partial charge in [-0.2, -0.15) is 0 Å². The van der Waals surface area contributed by atoms with E-state index in [0.29, 0.717) is 36.2 Å². The van der Waals surface area contributed by atoms with Crippen LogP contribution in [0.25, 0.3) is 11.0 Å². The highest BCUT2D eigenvalue weighted by Gasteiger charge is 2.10. The number of amides is 1. The quantitative estimate of drug-likeness (QED) is 0.510. The van der Waals surface area contributed by atoms with E-state index in [0.717, 1.165) is 13.0 Å². The summed E-state index contributed by atoms with van der Waals surface area (Å²) in [5.41, 5.74) is 0.274. The molecule has 23 heavy (non-hydrogen) atoms. The number of hydrogen-bond donors (Lipinski definition) is 3. The van der Waals surface area contributed by atoms with Crippen molar-refractivity contribution in [2.45, 2.75) is 26.8 Å². The van der Waals surface area contributed by atoms with Crippen LogP contribution in [-0.2, 0) is 6.54 Å². The molecular weight excluding hydrogens is 296 g/mol. The SMILES string of the molecule is CCCNCCNC(=O)c1ccc2c(c1)[nH]c(=O)c(=O)n2CC. The first-order valence-corrected chi connectivity index (χ1v) is 7.84. The summed E-state index contributed by atoms with van der Waals surface area (Å²) in [7, 11) is 0. The van der Waals surface area contributed by atoms with Gasteiger partial charge in [0, 0.05) is 25.2 Å². The molecule has 124 valence electrons. The van der Waals surface area contributed by atoms with E-state index in [1.165, 1.54) is 4.57 Å². The number of nitrogens with zero attached hydrogens (tertiary/aromatic N) is 1. The molecule has 1 aromatic heterocycles. The third-order valence-electron chi connectivity index (χ3n) is 3.57. The molecule has 0 aliphatic heterocycles. The van der Waals surface area contributed by atoms with E-state index in [4.69, 9.17) is 0 Å². The summed E-state index contributed by atoms with van der Waals surface area (Å²) < 4.78 is 1.39. The molecule has 7 heteroatoms. The van der Waals surface area contributed by atoms with Crippen LogP contribution in [0.1, 0.15) is 30.6 Å². The number of benzene rings is 1. The van der Waals surface area contributed by atoms with Gasteiger partial charge in [-0.05, 0) is 38.1 Å². The minimum atomic E-state index is -0.680. The number of aromatic nitrogens is 2. The molecule has 2 rings (SSSR count). The van der Waals surface area contributed by atoms with Gasteiger partial charge in [0.15, 0.2) is 0 Å². The van der Waals surface area contributed by atoms with Crippen LogP contribution in [0.2, 0.25) is 0 Å². The number of rotatable bonds is 7. The van der Waals surface area contributed by atoms with Crippen LogP contribution in [0.3, 0.4) is 0 Å². The zero-order chi connectivity index (χ0) is 16.8. The van der Waals surface area contributed by atoms with Crippen LogP contribution in [0.4, 0.5) is 0 Å². The monoisotopic (exact) mass is 318 g/mol. The van der Waals surface area contributed by atoms with Crippen molar-refractivity contribution in [3.63, 3.8) is 0 Å². The van der Waals surface area contributed by atoms with Crippen LogP contribution in [-0.4, -0.2) is 35.1 Å². The number of aromatic amines is 1. The van der Waals surface area contributed by atoms with Gasteiger partial charge in [0.05, 0.1) is 11.0 Å². The molecule has 0 radical (unpaired) electrons. The van der Waals surface area contributed by atoms with Gasteiger partial charge >= 0.3 is 11.1 Å². The second kappa shape index (κ2) is 7.73. The fourth-order valence-corrected chi connectivity index (χ4v) is 2.40. The lowest BCUT2D eigenvalue weighted by Gasteiger charge is -2.09. The maximum Gasteiger partial charge on any atom is 0.316 e. The third kappa shape index (κ3) is 3.87. The lowest BCUT2D eigenvalue weighted by molar-refractivity contribution is 0.0954. The molecule has 0 unspecified atom stereocenters. The first-order valence-electron chi connectivity index (χ1n) is 7.84. The van der Waals surface area contributed by atoms with Gasteiger partial charge in [-0.1, -0.05) is 6.92 Å². The highest BCUT2D eigenvalue weighted by Crippen LogP contribution is 2.11. The Hall–Kier alpha value is -2.41. The second-order valence-corrected chi connectivity index (χ2v) is 5.24. The maximum atomic E-state index is 12.1. The van der Waals surface area contributed by atoms with E-state index in [9.17, 15) is 14.4 Å². The Labute approximate surface area is 133 Å². The van der Waals surface area contributed by atoms with Crippen molar-refractivity contribution in [3.8, 4) is 0 Å². The topological polar surface area (TPSA) is 96.0 Å². The summed E-state index contributed by atoms with van der Waals surface area (Å²) in [6.45, 7) is 6.43. The number of aryl methyl sites for hydroxylation is 1. The Kier molecular flexibility index (Phi) is 5.70. The van der Waals surface area contributed by atoms with Crippen molar-refractivity contribution in [2.75, 3.05) is 19.6 Å². The Bertz CT molecular complexity index is 807. The highest BCUT2D eigenvalue weighted by molar-refractivity contribution is 5.97. The molecule has 7 nitrogen and oxygen atoms in total. The third-order valence-corrected chi connectivity index (χ3v) is 3.57. The van der Waals surface area contributed by atoms with Crippen LogP contribution in [0, 0.1) is 0 Å². The Balaban J connectivity index is 2.20. The molecule has 1 heterocycles. The lowest BCUT2D eigenvalue weighted by atomic mass is 10.1. The van der Waals surface area contributed by atoms with E-state index < -0.39 is 11.1 Å². The van der Waals surface area contributed by atoms with Crippen molar-refractivity contribution in [3.05, 3.63) is 44.5 Å². The van der Waals surface area contributed by atoms with E-state index in [-0.39, 0.29) is 5.91 Å². The predicted octanol–water partition coefficient (Wildman–Crippen LogP) is 0.439. The van der Waals surface area contributed by atoms with Crippen molar-refractivity contribution >= 4 is 16.9 Å². The minimum absolute atomic E-state index is 0.208. The molecule has 0 atom stereocenters. The van der Waals surface area contributed by atoms with Crippen molar-refractivity contribution in [1.82, 2.24) is 20.2 Å². The molecule has 1 aromatic carbocycles. The van der Waals surface area contributed by atoms with Gasteiger partial charge in [-0.3, -0.25) is 14.4 Å². The molecule has 1 amide bonds. The van der Waals surface area contributed by atoms with E-state index >= 15 is 0 Å². The first kappa shape index (κ1) is 17.0. The molecule has 3 N–H and O–H groups in total. The molecule has 0 fully saturated rings. The van der Waals surface area contributed by atoms with Crippen LogP contribution in [0.15, 0.2) is 27.8 Å². The number of hydrogen-bond acceptors (Lipinski definition) is 4. The van der Waals surface area contributed by atoms with E-state index in [1.807, 2.05) is 0 Å². The zero-order valence-corrected chi connectivity index (χ0v) is 13.4. The molecule has 0 aliphatic carbocycles. The van der Waals surface area contributed by atoms with Crippen molar-refractivity contribution in [1.29, 1.82) is 0 Å². The predicted molar refractivity (Wildman–Crippen MR) is 90.0 cm³/mol. The second-order valence-electron chi connectivity index (χ2n) is 5.24. The smallest absolute Gasteiger partial charge is 0.316 e. The molecule has 2 aromatic rings. The number of fused-ring (bicyclic) bond motifs is 1. The van der Waals surface area contributed by atoms with Gasteiger partial charge in [0.25, 0.3) is 5.91 Å². The standard InChI is InChI=1S/C16H22N4O3/c1-3-7-17-8-9-18-14(21)11-5-6-13-12(10-11)19-15(22)16(23)20(13)4-2/h5-6,10,17H,3-4,7-9H2,1-2H3,(H,18,21)(H,19,22). The minimum Gasteiger partial charge on any atom is -0.351 e. The van der Waals surface area contributed by atoms with Crippen LogP contribution < -0.4 is 21.8 Å². The molecule has 0 aliphatic rings. The number of carbonyl (C=O) groups excluding carboxylic acids is 1.